The number of aromatic nitrogens is 4. The fourth-order valence-electron chi connectivity index (χ4n) is 2.11. The molecule has 0 radical (unpaired) electrons. The zero-order valence-corrected chi connectivity index (χ0v) is 12.9. The van der Waals surface area contributed by atoms with E-state index in [0.717, 1.165) is 16.1 Å². The Hall–Kier alpha value is -1.63. The number of rotatable bonds is 4. The molecule has 0 aliphatic heterocycles. The van der Waals surface area contributed by atoms with E-state index in [9.17, 15) is 0 Å². The number of imidazole rings is 1. The van der Waals surface area contributed by atoms with Gasteiger partial charge in [0.15, 0.2) is 5.65 Å². The van der Waals surface area contributed by atoms with E-state index in [-0.39, 0.29) is 11.3 Å². The molecule has 1 aromatic carbocycles. The third-order valence-electron chi connectivity index (χ3n) is 3.08. The Labute approximate surface area is 131 Å². The van der Waals surface area contributed by atoms with E-state index in [1.807, 2.05) is 31.2 Å². The molecule has 0 spiro atoms. The van der Waals surface area contributed by atoms with Gasteiger partial charge < -0.3 is 10.7 Å². The van der Waals surface area contributed by atoms with Crippen molar-refractivity contribution in [3.8, 4) is 0 Å². The summed E-state index contributed by atoms with van der Waals surface area (Å²) in [6.45, 7) is 1.98. The number of hydrogen-bond acceptors (Lipinski definition) is 5. The normalized spacial score (nSPS) is 14.2. The Morgan fingerprint density at radius 2 is 2.14 bits per heavy atom. The number of nitrogens with two attached hydrogens (primary N) is 1. The molecule has 3 N–H and O–H groups in total. The molecular weight excluding hydrogens is 306 g/mol. The maximum Gasteiger partial charge on any atom is 0.181 e. The molecule has 0 bridgehead atoms. The predicted octanol–water partition coefficient (Wildman–Crippen LogP) is 3.19. The summed E-state index contributed by atoms with van der Waals surface area (Å²) < 4.78 is 0. The number of halogens is 1. The lowest BCUT2D eigenvalue weighted by atomic mass is 10.1. The minimum absolute atomic E-state index is 0.0464. The fourth-order valence-corrected chi connectivity index (χ4v) is 3.43. The van der Waals surface area contributed by atoms with Gasteiger partial charge in [-0.15, -0.1) is 0 Å². The molecular formula is C14H14ClN5S. The van der Waals surface area contributed by atoms with Crippen molar-refractivity contribution in [2.45, 2.75) is 23.2 Å². The van der Waals surface area contributed by atoms with Crippen molar-refractivity contribution in [1.82, 2.24) is 19.9 Å². The van der Waals surface area contributed by atoms with Crippen molar-refractivity contribution in [3.63, 3.8) is 0 Å². The van der Waals surface area contributed by atoms with E-state index in [4.69, 9.17) is 17.3 Å². The van der Waals surface area contributed by atoms with Gasteiger partial charge in [-0.2, -0.15) is 0 Å². The molecule has 0 fully saturated rings. The first-order chi connectivity index (χ1) is 10.1. The average molecular weight is 320 g/mol. The number of benzene rings is 1. The summed E-state index contributed by atoms with van der Waals surface area (Å²) in [5.74, 6) is 0. The van der Waals surface area contributed by atoms with Crippen LogP contribution in [0.25, 0.3) is 11.2 Å². The summed E-state index contributed by atoms with van der Waals surface area (Å²) in [5.41, 5.74) is 8.71. The van der Waals surface area contributed by atoms with E-state index in [2.05, 4.69) is 19.9 Å². The van der Waals surface area contributed by atoms with Crippen LogP contribution in [0.5, 0.6) is 0 Å². The van der Waals surface area contributed by atoms with Crippen molar-refractivity contribution in [2.75, 3.05) is 0 Å². The van der Waals surface area contributed by atoms with Gasteiger partial charge in [0.25, 0.3) is 0 Å². The second-order valence-corrected chi connectivity index (χ2v) is 6.30. The van der Waals surface area contributed by atoms with Crippen LogP contribution in [0.2, 0.25) is 5.02 Å². The molecule has 2 unspecified atom stereocenters. The average Bonchev–Trinajstić information content (AvgIpc) is 2.93. The zero-order chi connectivity index (χ0) is 14.8. The Balaban J connectivity index is 1.98. The molecule has 0 aliphatic rings. The lowest BCUT2D eigenvalue weighted by Gasteiger charge is -2.20. The highest BCUT2D eigenvalue weighted by Gasteiger charge is 2.20. The molecule has 0 saturated heterocycles. The number of fused-ring (bicyclic) bond motifs is 1. The predicted molar refractivity (Wildman–Crippen MR) is 85.4 cm³/mol. The van der Waals surface area contributed by atoms with Crippen molar-refractivity contribution in [1.29, 1.82) is 0 Å². The van der Waals surface area contributed by atoms with Crippen molar-refractivity contribution < 1.29 is 0 Å². The second-order valence-electron chi connectivity index (χ2n) is 4.73. The summed E-state index contributed by atoms with van der Waals surface area (Å²) >= 11 is 7.67. The number of thioether (sulfide) groups is 1. The van der Waals surface area contributed by atoms with E-state index in [1.165, 1.54) is 6.33 Å². The molecule has 3 aromatic rings. The van der Waals surface area contributed by atoms with Crippen LogP contribution in [0.4, 0.5) is 0 Å². The molecule has 21 heavy (non-hydrogen) atoms. The highest BCUT2D eigenvalue weighted by atomic mass is 35.5. The van der Waals surface area contributed by atoms with Gasteiger partial charge in [-0.1, -0.05) is 35.5 Å². The summed E-state index contributed by atoms with van der Waals surface area (Å²) in [4.78, 5) is 15.7. The number of nitrogens with zero attached hydrogens (tertiary/aromatic N) is 3. The summed E-state index contributed by atoms with van der Waals surface area (Å²) in [5, 5.41) is 1.58. The molecule has 2 heterocycles. The highest BCUT2D eigenvalue weighted by Crippen LogP contribution is 2.38. The van der Waals surface area contributed by atoms with Gasteiger partial charge in [-0.05, 0) is 24.6 Å². The van der Waals surface area contributed by atoms with Crippen LogP contribution in [-0.2, 0) is 0 Å². The minimum Gasteiger partial charge on any atom is -0.341 e. The third-order valence-corrected chi connectivity index (χ3v) is 4.80. The Bertz CT molecular complexity index is 758. The summed E-state index contributed by atoms with van der Waals surface area (Å²) in [7, 11) is 0. The minimum atomic E-state index is -0.0543. The van der Waals surface area contributed by atoms with Crippen LogP contribution in [0.15, 0.2) is 41.9 Å². The lowest BCUT2D eigenvalue weighted by molar-refractivity contribution is 0.720. The van der Waals surface area contributed by atoms with Gasteiger partial charge in [0.2, 0.25) is 0 Å². The number of H-pyrrole nitrogens is 1. The third kappa shape index (κ3) is 3.02. The van der Waals surface area contributed by atoms with Crippen LogP contribution in [0, 0.1) is 0 Å². The molecule has 3 rings (SSSR count). The van der Waals surface area contributed by atoms with E-state index in [1.54, 1.807) is 18.1 Å². The van der Waals surface area contributed by atoms with Crippen LogP contribution in [0.1, 0.15) is 17.7 Å². The monoisotopic (exact) mass is 319 g/mol. The van der Waals surface area contributed by atoms with Crippen LogP contribution >= 0.6 is 23.4 Å². The smallest absolute Gasteiger partial charge is 0.181 e. The SMILES string of the molecule is CC(N)C(Sc1ncnc2nc[nH]c12)c1cccc(Cl)c1. The highest BCUT2D eigenvalue weighted by molar-refractivity contribution is 7.99. The standard InChI is InChI=1S/C14H14ClN5S/c1-8(16)12(9-3-2-4-10(15)5-9)21-14-11-13(18-6-17-11)19-7-20-14/h2-8,12H,16H2,1H3,(H,17,18,19,20). The van der Waals surface area contributed by atoms with Gasteiger partial charge >= 0.3 is 0 Å². The number of aromatic amines is 1. The van der Waals surface area contributed by atoms with Crippen LogP contribution in [0.3, 0.4) is 0 Å². The maximum absolute atomic E-state index is 6.15. The Morgan fingerprint density at radius 1 is 1.29 bits per heavy atom. The van der Waals surface area contributed by atoms with Gasteiger partial charge in [-0.25, -0.2) is 15.0 Å². The van der Waals surface area contributed by atoms with Gasteiger partial charge in [-0.3, -0.25) is 0 Å². The van der Waals surface area contributed by atoms with Crippen molar-refractivity contribution >= 4 is 34.5 Å². The quantitative estimate of drug-likeness (QED) is 0.570. The number of nitrogens with one attached hydrogen (secondary N) is 1. The van der Waals surface area contributed by atoms with E-state index < -0.39 is 0 Å². The van der Waals surface area contributed by atoms with Crippen LogP contribution in [-0.4, -0.2) is 26.0 Å². The Kier molecular flexibility index (Phi) is 4.10. The first-order valence-electron chi connectivity index (χ1n) is 6.47. The molecule has 0 amide bonds. The number of hydrogen-bond donors (Lipinski definition) is 2. The van der Waals surface area contributed by atoms with Crippen molar-refractivity contribution in [3.05, 3.63) is 47.5 Å². The van der Waals surface area contributed by atoms with E-state index in [0.29, 0.717) is 10.7 Å². The molecule has 108 valence electrons. The van der Waals surface area contributed by atoms with Gasteiger partial charge in [0.1, 0.15) is 16.9 Å². The molecule has 0 aliphatic carbocycles. The molecule has 2 aromatic heterocycles. The van der Waals surface area contributed by atoms with Crippen LogP contribution < -0.4 is 5.73 Å². The second kappa shape index (κ2) is 6.01. The molecule has 0 saturated carbocycles. The van der Waals surface area contributed by atoms with Gasteiger partial charge in [0, 0.05) is 11.1 Å². The summed E-state index contributed by atoms with van der Waals surface area (Å²) in [6.07, 6.45) is 3.13. The first-order valence-corrected chi connectivity index (χ1v) is 7.72. The zero-order valence-electron chi connectivity index (χ0n) is 11.3. The molecule has 7 heteroatoms. The lowest BCUT2D eigenvalue weighted by Crippen LogP contribution is -2.22. The molecule has 2 atom stereocenters. The fraction of sp³-hybridized carbons (Fsp3) is 0.214. The largest absolute Gasteiger partial charge is 0.341 e. The van der Waals surface area contributed by atoms with Crippen molar-refractivity contribution in [2.24, 2.45) is 5.73 Å². The Morgan fingerprint density at radius 3 is 2.90 bits per heavy atom. The van der Waals surface area contributed by atoms with E-state index >= 15 is 0 Å². The first kappa shape index (κ1) is 14.3. The maximum atomic E-state index is 6.15. The summed E-state index contributed by atoms with van der Waals surface area (Å²) in [6, 6.07) is 7.69. The van der Waals surface area contributed by atoms with Gasteiger partial charge in [0.05, 0.1) is 11.6 Å². The molecule has 5 nitrogen and oxygen atoms in total. The topological polar surface area (TPSA) is 80.5 Å².